The van der Waals surface area contributed by atoms with Crippen molar-refractivity contribution in [2.45, 2.75) is 13.8 Å². The van der Waals surface area contributed by atoms with Crippen LogP contribution in [0.25, 0.3) is 0 Å². The fourth-order valence-corrected chi connectivity index (χ4v) is 1.16. The van der Waals surface area contributed by atoms with Crippen LogP contribution >= 0.6 is 0 Å². The topological polar surface area (TPSA) is 158 Å². The van der Waals surface area contributed by atoms with Crippen LogP contribution in [0.5, 0.6) is 0 Å². The zero-order valence-corrected chi connectivity index (χ0v) is 10.8. The Hall–Kier alpha value is -2.91. The molecular weight excluding hydrogens is 270 g/mol. The van der Waals surface area contributed by atoms with Gasteiger partial charge in [0.05, 0.1) is 6.61 Å². The third kappa shape index (κ3) is 3.54. The van der Waals surface area contributed by atoms with Gasteiger partial charge in [0.2, 0.25) is 5.84 Å². The number of aliphatic hydroxyl groups is 1. The number of esters is 1. The van der Waals surface area contributed by atoms with Crippen LogP contribution < -0.4 is 10.7 Å². The molecule has 10 nitrogen and oxygen atoms in total. The van der Waals surface area contributed by atoms with Crippen LogP contribution in [0.1, 0.15) is 19.5 Å². The lowest BCUT2D eigenvalue weighted by Gasteiger charge is -2.01. The molecule has 1 rings (SSSR count). The lowest BCUT2D eigenvalue weighted by atomic mass is 10.2. The summed E-state index contributed by atoms with van der Waals surface area (Å²) in [5, 5.41) is 27.6. The highest BCUT2D eigenvalue weighted by atomic mass is 16.6. The zero-order valence-electron chi connectivity index (χ0n) is 10.8. The summed E-state index contributed by atoms with van der Waals surface area (Å²) in [6.07, 6.45) is 1.14. The van der Waals surface area contributed by atoms with Gasteiger partial charge in [-0.25, -0.2) is 9.79 Å². The van der Waals surface area contributed by atoms with Crippen LogP contribution in [0, 0.1) is 0 Å². The van der Waals surface area contributed by atoms with Gasteiger partial charge in [-0.2, -0.15) is 0 Å². The molecule has 0 atom stereocenters. The van der Waals surface area contributed by atoms with E-state index in [1.54, 1.807) is 6.92 Å². The Labute approximate surface area is 113 Å². The van der Waals surface area contributed by atoms with E-state index in [9.17, 15) is 9.90 Å². The van der Waals surface area contributed by atoms with Crippen molar-refractivity contribution in [1.29, 1.82) is 0 Å². The van der Waals surface area contributed by atoms with Crippen molar-refractivity contribution in [2.24, 2.45) is 10.9 Å². The first kappa shape index (κ1) is 15.1. The van der Waals surface area contributed by atoms with Crippen molar-refractivity contribution in [3.8, 4) is 0 Å². The average Bonchev–Trinajstić information content (AvgIpc) is 2.86. The molecule has 0 aromatic carbocycles. The Morgan fingerprint density at radius 1 is 1.60 bits per heavy atom. The molecule has 0 radical (unpaired) electrons. The van der Waals surface area contributed by atoms with Crippen LogP contribution in [0.2, 0.25) is 0 Å². The Kier molecular flexibility index (Phi) is 5.21. The van der Waals surface area contributed by atoms with E-state index in [0.717, 1.165) is 6.21 Å². The summed E-state index contributed by atoms with van der Waals surface area (Å²) in [5.74, 6) is -1.30. The molecule has 20 heavy (non-hydrogen) atoms. The highest BCUT2D eigenvalue weighted by Gasteiger charge is 2.22. The van der Waals surface area contributed by atoms with Crippen molar-refractivity contribution in [3.63, 3.8) is 0 Å². The summed E-state index contributed by atoms with van der Waals surface area (Å²) in [4.78, 5) is 14.1. The lowest BCUT2D eigenvalue weighted by molar-refractivity contribution is -0.354. The van der Waals surface area contributed by atoms with E-state index in [-0.39, 0.29) is 35.3 Å². The highest BCUT2D eigenvalue weighted by molar-refractivity contribution is 6.08. The number of nitrogens with zero attached hydrogens (tertiary/aromatic N) is 3. The smallest absolute Gasteiger partial charge is 0.403 e. The van der Waals surface area contributed by atoms with Crippen molar-refractivity contribution in [1.82, 2.24) is 10.3 Å². The Balaban J connectivity index is 3.05. The van der Waals surface area contributed by atoms with E-state index in [1.807, 2.05) is 0 Å². The first-order valence-corrected chi connectivity index (χ1v) is 5.48. The quantitative estimate of drug-likeness (QED) is 0.0951. The minimum absolute atomic E-state index is 0.00310. The van der Waals surface area contributed by atoms with E-state index >= 15 is 0 Å². The van der Waals surface area contributed by atoms with Crippen molar-refractivity contribution in [2.75, 3.05) is 6.61 Å². The fraction of sp³-hybridized carbons (Fsp3) is 0.300. The highest BCUT2D eigenvalue weighted by Crippen LogP contribution is 2.02. The molecule has 1 aromatic rings. The molecule has 0 aliphatic carbocycles. The average molecular weight is 284 g/mol. The maximum atomic E-state index is 11.6. The number of aromatic nitrogens is 2. The zero-order chi connectivity index (χ0) is 15.1. The largest absolute Gasteiger partial charge is 0.512 e. The summed E-state index contributed by atoms with van der Waals surface area (Å²) in [5.41, 5.74) is 5.18. The molecule has 1 aromatic heterocycles. The Morgan fingerprint density at radius 3 is 2.85 bits per heavy atom. The maximum absolute atomic E-state index is 11.6. The SMILES string of the molecule is CCOC(=O)/C(C=[NH+]c1nonc1/C(N)=N/O)=C(\C)O. The van der Waals surface area contributed by atoms with Gasteiger partial charge in [0.15, 0.2) is 5.16 Å². The second-order valence-corrected chi connectivity index (χ2v) is 3.45. The molecule has 1 heterocycles. The molecule has 5 N–H and O–H groups in total. The lowest BCUT2D eigenvalue weighted by Crippen LogP contribution is -2.63. The Morgan fingerprint density at radius 2 is 2.30 bits per heavy atom. The van der Waals surface area contributed by atoms with E-state index in [2.05, 4.69) is 25.1 Å². The minimum atomic E-state index is -0.721. The van der Waals surface area contributed by atoms with Crippen LogP contribution in [-0.2, 0) is 9.53 Å². The van der Waals surface area contributed by atoms with E-state index in [1.165, 1.54) is 6.92 Å². The standard InChI is InChI=1S/C10H13N5O5/c1-3-19-10(17)6(5(2)16)4-12-9-7(8(11)13-18)14-20-15-9/h4,16,18H,3H2,1-2H3,(H2,11,13)/p+1/b6-5+,12-4?. The van der Waals surface area contributed by atoms with Gasteiger partial charge >= 0.3 is 11.8 Å². The molecule has 0 unspecified atom stereocenters. The molecule has 0 aliphatic rings. The number of nitrogens with two attached hydrogens (primary N) is 1. The van der Waals surface area contributed by atoms with Gasteiger partial charge in [-0.15, -0.1) is 4.63 Å². The maximum Gasteiger partial charge on any atom is 0.403 e. The molecule has 0 saturated heterocycles. The number of hydrogen-bond acceptors (Lipinski definition) is 8. The molecule has 0 bridgehead atoms. The molecule has 0 aliphatic heterocycles. The van der Waals surface area contributed by atoms with Gasteiger partial charge < -0.3 is 20.8 Å². The Bertz CT molecular complexity index is 570. The van der Waals surface area contributed by atoms with Gasteiger partial charge in [-0.05, 0) is 19.0 Å². The summed E-state index contributed by atoms with van der Waals surface area (Å²) in [7, 11) is 0. The third-order valence-corrected chi connectivity index (χ3v) is 2.08. The van der Waals surface area contributed by atoms with Gasteiger partial charge in [0, 0.05) is 0 Å². The van der Waals surface area contributed by atoms with Gasteiger partial charge in [-0.3, -0.25) is 0 Å². The van der Waals surface area contributed by atoms with Gasteiger partial charge in [-0.1, -0.05) is 5.16 Å². The molecule has 0 fully saturated rings. The number of aliphatic hydroxyl groups excluding tert-OH is 1. The third-order valence-electron chi connectivity index (χ3n) is 2.08. The predicted octanol–water partition coefficient (Wildman–Crippen LogP) is -1.66. The number of ether oxygens (including phenoxy) is 1. The number of allylic oxidation sites excluding steroid dienone is 1. The number of rotatable bonds is 5. The van der Waals surface area contributed by atoms with Crippen LogP contribution in [0.3, 0.4) is 0 Å². The summed E-state index contributed by atoms with van der Waals surface area (Å²) in [6.45, 7) is 3.11. The molecule has 0 amide bonds. The number of oxime groups is 1. The van der Waals surface area contributed by atoms with Gasteiger partial charge in [0.25, 0.3) is 5.69 Å². The summed E-state index contributed by atoms with van der Waals surface area (Å²) >= 11 is 0. The van der Waals surface area contributed by atoms with Crippen LogP contribution in [0.4, 0.5) is 5.82 Å². The summed E-state index contributed by atoms with van der Waals surface area (Å²) in [6, 6.07) is 0. The minimum Gasteiger partial charge on any atom is -0.512 e. The molecular formula is C10H14N5O5+. The summed E-state index contributed by atoms with van der Waals surface area (Å²) < 4.78 is 9.18. The predicted molar refractivity (Wildman–Crippen MR) is 65.5 cm³/mol. The number of carbonyl (C=O) groups excluding carboxylic acids is 1. The molecule has 108 valence electrons. The normalized spacial score (nSPS) is 13.4. The van der Waals surface area contributed by atoms with E-state index in [0.29, 0.717) is 0 Å². The van der Waals surface area contributed by atoms with Crippen molar-refractivity contribution in [3.05, 3.63) is 17.0 Å². The van der Waals surface area contributed by atoms with E-state index in [4.69, 9.17) is 15.7 Å². The molecule has 10 heteroatoms. The van der Waals surface area contributed by atoms with Crippen LogP contribution in [0.15, 0.2) is 21.1 Å². The number of amidine groups is 1. The van der Waals surface area contributed by atoms with Crippen LogP contribution in [-0.4, -0.2) is 45.3 Å². The molecule has 0 spiro atoms. The first-order valence-electron chi connectivity index (χ1n) is 5.48. The number of nitrogens with one attached hydrogen (secondary N) is 1. The fourth-order valence-electron chi connectivity index (χ4n) is 1.16. The second-order valence-electron chi connectivity index (χ2n) is 3.45. The first-order chi connectivity index (χ1) is 9.51. The van der Waals surface area contributed by atoms with Gasteiger partial charge in [0.1, 0.15) is 17.5 Å². The van der Waals surface area contributed by atoms with Crippen molar-refractivity contribution >= 4 is 23.8 Å². The van der Waals surface area contributed by atoms with E-state index < -0.39 is 5.97 Å². The number of hydrogen-bond donors (Lipinski definition) is 4. The molecule has 0 saturated carbocycles. The monoisotopic (exact) mass is 284 g/mol. The van der Waals surface area contributed by atoms with Crippen molar-refractivity contribution < 1.29 is 29.5 Å². The second kappa shape index (κ2) is 6.87. The number of carbonyl (C=O) groups is 1.